The average molecular weight is 259 g/mol. The molecule has 0 bridgehead atoms. The zero-order chi connectivity index (χ0) is 13.1. The average Bonchev–Trinajstić information content (AvgIpc) is 2.97. The zero-order valence-corrected chi connectivity index (χ0v) is 10.7. The molecule has 1 aromatic carbocycles. The molecule has 5 nitrogen and oxygen atoms in total. The van der Waals surface area contributed by atoms with Crippen LogP contribution in [0.2, 0.25) is 0 Å². The lowest BCUT2D eigenvalue weighted by atomic mass is 9.91. The maximum atomic E-state index is 5.48. The maximum Gasteiger partial charge on any atom is 0.240 e. The van der Waals surface area contributed by atoms with Gasteiger partial charge in [0.15, 0.2) is 0 Å². The van der Waals surface area contributed by atoms with Crippen LogP contribution in [0.25, 0.3) is 11.4 Å². The van der Waals surface area contributed by atoms with Crippen LogP contribution in [0.15, 0.2) is 28.8 Å². The van der Waals surface area contributed by atoms with Crippen LogP contribution in [0, 0.1) is 0 Å². The van der Waals surface area contributed by atoms with E-state index in [1.165, 1.54) is 5.56 Å². The monoisotopic (exact) mass is 259 g/mol. The fraction of sp³-hybridized carbons (Fsp3) is 0.429. The topological polar surface area (TPSA) is 74.2 Å². The Balaban J connectivity index is 1.86. The molecule has 0 amide bonds. The summed E-state index contributed by atoms with van der Waals surface area (Å²) in [5.41, 5.74) is 7.78. The van der Waals surface area contributed by atoms with E-state index in [4.69, 9.17) is 15.0 Å². The minimum absolute atomic E-state index is 0.270. The Bertz CT molecular complexity index is 547. The highest BCUT2D eigenvalue weighted by molar-refractivity contribution is 5.55. The standard InChI is InChI=1S/C14H17N3O2/c15-9-13-16-14(17-19-13)12-3-1-2-11(8-12)10-4-6-18-7-5-10/h1-3,8,10H,4-7,9,15H2. The van der Waals surface area contributed by atoms with Gasteiger partial charge in [0.05, 0.1) is 6.54 Å². The SMILES string of the molecule is NCc1nc(-c2cccc(C3CCOCC3)c2)no1. The van der Waals surface area contributed by atoms with Crippen LogP contribution in [0.3, 0.4) is 0 Å². The Hall–Kier alpha value is -1.72. The van der Waals surface area contributed by atoms with Crippen molar-refractivity contribution < 1.29 is 9.26 Å². The zero-order valence-electron chi connectivity index (χ0n) is 10.7. The Morgan fingerprint density at radius 3 is 2.84 bits per heavy atom. The third-order valence-corrected chi connectivity index (χ3v) is 3.48. The molecule has 3 rings (SSSR count). The van der Waals surface area contributed by atoms with Gasteiger partial charge in [-0.1, -0.05) is 23.4 Å². The smallest absolute Gasteiger partial charge is 0.240 e. The van der Waals surface area contributed by atoms with Crippen molar-refractivity contribution in [3.8, 4) is 11.4 Å². The number of aromatic nitrogens is 2. The molecule has 5 heteroatoms. The fourth-order valence-electron chi connectivity index (χ4n) is 2.42. The highest BCUT2D eigenvalue weighted by atomic mass is 16.5. The number of benzene rings is 1. The van der Waals surface area contributed by atoms with Gasteiger partial charge in [-0.25, -0.2) is 0 Å². The fourth-order valence-corrected chi connectivity index (χ4v) is 2.42. The van der Waals surface area contributed by atoms with E-state index in [-0.39, 0.29) is 6.54 Å². The third-order valence-electron chi connectivity index (χ3n) is 3.48. The van der Waals surface area contributed by atoms with Gasteiger partial charge in [-0.2, -0.15) is 4.98 Å². The summed E-state index contributed by atoms with van der Waals surface area (Å²) in [6.07, 6.45) is 2.15. The van der Waals surface area contributed by atoms with Crippen LogP contribution in [0.4, 0.5) is 0 Å². The van der Waals surface area contributed by atoms with Crippen LogP contribution in [-0.2, 0) is 11.3 Å². The minimum atomic E-state index is 0.270. The van der Waals surface area contributed by atoms with Crippen LogP contribution in [0.1, 0.15) is 30.2 Å². The molecule has 1 aliphatic heterocycles. The van der Waals surface area contributed by atoms with Gasteiger partial charge in [-0.3, -0.25) is 0 Å². The third kappa shape index (κ3) is 2.67. The number of hydrogen-bond acceptors (Lipinski definition) is 5. The Morgan fingerprint density at radius 2 is 2.11 bits per heavy atom. The molecule has 0 radical (unpaired) electrons. The maximum absolute atomic E-state index is 5.48. The van der Waals surface area contributed by atoms with Gasteiger partial charge in [0.1, 0.15) is 0 Å². The molecule has 0 spiro atoms. The van der Waals surface area contributed by atoms with E-state index in [1.54, 1.807) is 0 Å². The van der Waals surface area contributed by atoms with Crippen LogP contribution in [0.5, 0.6) is 0 Å². The van der Waals surface area contributed by atoms with Crippen molar-refractivity contribution in [2.45, 2.75) is 25.3 Å². The summed E-state index contributed by atoms with van der Waals surface area (Å²) in [5.74, 6) is 1.63. The molecule has 2 aromatic rings. The summed E-state index contributed by atoms with van der Waals surface area (Å²) >= 11 is 0. The molecule has 1 fully saturated rings. The molecule has 0 atom stereocenters. The lowest BCUT2D eigenvalue weighted by Gasteiger charge is -2.22. The summed E-state index contributed by atoms with van der Waals surface area (Å²) < 4.78 is 10.4. The lowest BCUT2D eigenvalue weighted by Crippen LogP contribution is -2.14. The highest BCUT2D eigenvalue weighted by Crippen LogP contribution is 2.29. The van der Waals surface area contributed by atoms with Crippen molar-refractivity contribution in [2.75, 3.05) is 13.2 Å². The van der Waals surface area contributed by atoms with Crippen molar-refractivity contribution in [3.63, 3.8) is 0 Å². The molecule has 100 valence electrons. The molecule has 2 heterocycles. The van der Waals surface area contributed by atoms with Gasteiger partial charge in [0.25, 0.3) is 0 Å². The highest BCUT2D eigenvalue weighted by Gasteiger charge is 2.17. The first-order chi connectivity index (χ1) is 9.36. The van der Waals surface area contributed by atoms with Gasteiger partial charge in [-0.15, -0.1) is 0 Å². The lowest BCUT2D eigenvalue weighted by molar-refractivity contribution is 0.0853. The predicted octanol–water partition coefficient (Wildman–Crippen LogP) is 2.09. The normalized spacial score (nSPS) is 16.7. The first-order valence-corrected chi connectivity index (χ1v) is 6.57. The predicted molar refractivity (Wildman–Crippen MR) is 70.4 cm³/mol. The molecule has 1 aliphatic rings. The minimum Gasteiger partial charge on any atom is -0.381 e. The first-order valence-electron chi connectivity index (χ1n) is 6.57. The number of nitrogens with two attached hydrogens (primary N) is 1. The Morgan fingerprint density at radius 1 is 1.26 bits per heavy atom. The number of rotatable bonds is 3. The second kappa shape index (κ2) is 5.50. The number of nitrogens with zero attached hydrogens (tertiary/aromatic N) is 2. The van der Waals surface area contributed by atoms with Gasteiger partial charge in [0, 0.05) is 18.8 Å². The van der Waals surface area contributed by atoms with E-state index in [1.807, 2.05) is 12.1 Å². The Kier molecular flexibility index (Phi) is 3.57. The van der Waals surface area contributed by atoms with E-state index < -0.39 is 0 Å². The molecule has 2 N–H and O–H groups in total. The van der Waals surface area contributed by atoms with Crippen molar-refractivity contribution in [3.05, 3.63) is 35.7 Å². The van der Waals surface area contributed by atoms with Gasteiger partial charge in [0.2, 0.25) is 11.7 Å². The van der Waals surface area contributed by atoms with Gasteiger partial charge in [-0.05, 0) is 30.4 Å². The largest absolute Gasteiger partial charge is 0.381 e. The molecule has 0 saturated carbocycles. The van der Waals surface area contributed by atoms with Crippen LogP contribution in [-0.4, -0.2) is 23.4 Å². The van der Waals surface area contributed by atoms with E-state index in [0.717, 1.165) is 31.6 Å². The molecule has 19 heavy (non-hydrogen) atoms. The van der Waals surface area contributed by atoms with Gasteiger partial charge < -0.3 is 15.0 Å². The number of ether oxygens (including phenoxy) is 1. The Labute approximate surface area is 111 Å². The molecule has 0 unspecified atom stereocenters. The summed E-state index contributed by atoms with van der Waals surface area (Å²) in [6, 6.07) is 8.33. The van der Waals surface area contributed by atoms with E-state index in [0.29, 0.717) is 17.6 Å². The van der Waals surface area contributed by atoms with E-state index in [9.17, 15) is 0 Å². The quantitative estimate of drug-likeness (QED) is 0.913. The molecule has 1 saturated heterocycles. The molecule has 1 aromatic heterocycles. The molecular formula is C14H17N3O2. The summed E-state index contributed by atoms with van der Waals surface area (Å²) in [4.78, 5) is 4.26. The van der Waals surface area contributed by atoms with Crippen LogP contribution < -0.4 is 5.73 Å². The summed E-state index contributed by atoms with van der Waals surface area (Å²) in [5, 5.41) is 3.95. The summed E-state index contributed by atoms with van der Waals surface area (Å²) in [7, 11) is 0. The van der Waals surface area contributed by atoms with Crippen molar-refractivity contribution in [2.24, 2.45) is 5.73 Å². The van der Waals surface area contributed by atoms with Crippen molar-refractivity contribution >= 4 is 0 Å². The van der Waals surface area contributed by atoms with Crippen molar-refractivity contribution in [1.82, 2.24) is 10.1 Å². The molecule has 0 aliphatic carbocycles. The van der Waals surface area contributed by atoms with Gasteiger partial charge >= 0.3 is 0 Å². The first kappa shape index (κ1) is 12.3. The van der Waals surface area contributed by atoms with Crippen LogP contribution >= 0.6 is 0 Å². The van der Waals surface area contributed by atoms with E-state index >= 15 is 0 Å². The van der Waals surface area contributed by atoms with E-state index in [2.05, 4.69) is 22.3 Å². The summed E-state index contributed by atoms with van der Waals surface area (Å²) in [6.45, 7) is 1.95. The second-order valence-corrected chi connectivity index (χ2v) is 4.73. The number of hydrogen-bond donors (Lipinski definition) is 1. The molecular weight excluding hydrogens is 242 g/mol. The second-order valence-electron chi connectivity index (χ2n) is 4.73. The van der Waals surface area contributed by atoms with Crippen molar-refractivity contribution in [1.29, 1.82) is 0 Å².